The van der Waals surface area contributed by atoms with Crippen molar-refractivity contribution in [2.45, 2.75) is 26.7 Å². The maximum Gasteiger partial charge on any atom is 0.319 e. The molecular weight excluding hydrogens is 345 g/mol. The van der Waals surface area contributed by atoms with Gasteiger partial charge in [-0.15, -0.1) is 0 Å². The van der Waals surface area contributed by atoms with Crippen molar-refractivity contribution < 1.29 is 14.0 Å². The molecule has 0 heterocycles. The largest absolute Gasteiger partial charge is 0.343 e. The fraction of sp³-hybridized carbons (Fsp3) is 0.333. The molecule has 0 spiro atoms. The van der Waals surface area contributed by atoms with Crippen LogP contribution in [0.1, 0.15) is 25.0 Å². The number of halogens is 1. The number of rotatable bonds is 8. The average Bonchev–Trinajstić information content (AvgIpc) is 2.66. The second-order valence-electron chi connectivity index (χ2n) is 6.16. The second-order valence-corrected chi connectivity index (χ2v) is 6.16. The molecule has 2 N–H and O–H groups in total. The van der Waals surface area contributed by atoms with Crippen LogP contribution in [0.25, 0.3) is 0 Å². The molecule has 2 aromatic carbocycles. The summed E-state index contributed by atoms with van der Waals surface area (Å²) in [5.74, 6) is -0.179. The summed E-state index contributed by atoms with van der Waals surface area (Å²) in [5, 5.41) is 5.44. The first-order valence-corrected chi connectivity index (χ1v) is 9.18. The standard InChI is InChI=1S/C21H26FN3O2/c1-3-25(4-2)20(26)15-16-9-11-18(12-10-16)24-21(27)23-14-13-17-7-5-6-8-19(17)22/h5-12H,3-4,13-15H2,1-2H3,(H2,23,24,27). The number of likely N-dealkylation sites (N-methyl/N-ethyl adjacent to an activating group) is 1. The lowest BCUT2D eigenvalue weighted by molar-refractivity contribution is -0.130. The van der Waals surface area contributed by atoms with E-state index in [0.717, 1.165) is 5.56 Å². The highest BCUT2D eigenvalue weighted by Gasteiger charge is 2.10. The third kappa shape index (κ3) is 6.40. The Bertz CT molecular complexity index is 758. The summed E-state index contributed by atoms with van der Waals surface area (Å²) in [7, 11) is 0. The van der Waals surface area contributed by atoms with E-state index in [2.05, 4.69) is 10.6 Å². The minimum atomic E-state index is -0.349. The van der Waals surface area contributed by atoms with Gasteiger partial charge in [0, 0.05) is 25.3 Å². The lowest BCUT2D eigenvalue weighted by atomic mass is 10.1. The third-order valence-corrected chi connectivity index (χ3v) is 4.32. The Morgan fingerprint density at radius 2 is 1.67 bits per heavy atom. The first kappa shape index (κ1) is 20.4. The minimum Gasteiger partial charge on any atom is -0.343 e. The van der Waals surface area contributed by atoms with E-state index >= 15 is 0 Å². The number of benzene rings is 2. The summed E-state index contributed by atoms with van der Waals surface area (Å²) >= 11 is 0. The maximum atomic E-state index is 13.5. The summed E-state index contributed by atoms with van der Waals surface area (Å²) in [5.41, 5.74) is 2.11. The van der Waals surface area contributed by atoms with Crippen molar-refractivity contribution >= 4 is 17.6 Å². The molecule has 0 atom stereocenters. The lowest BCUT2D eigenvalue weighted by Crippen LogP contribution is -2.31. The molecule has 0 saturated heterocycles. The SMILES string of the molecule is CCN(CC)C(=O)Cc1ccc(NC(=O)NCCc2ccccc2F)cc1. The van der Waals surface area contributed by atoms with Crippen LogP contribution in [0.15, 0.2) is 48.5 Å². The first-order chi connectivity index (χ1) is 13.0. The van der Waals surface area contributed by atoms with Gasteiger partial charge in [0.15, 0.2) is 0 Å². The van der Waals surface area contributed by atoms with Crippen LogP contribution < -0.4 is 10.6 Å². The Kier molecular flexibility index (Phi) is 7.79. The molecule has 3 amide bonds. The van der Waals surface area contributed by atoms with Gasteiger partial charge in [-0.1, -0.05) is 30.3 Å². The van der Waals surface area contributed by atoms with Crippen LogP contribution >= 0.6 is 0 Å². The minimum absolute atomic E-state index is 0.0894. The molecule has 0 aromatic heterocycles. The van der Waals surface area contributed by atoms with Crippen LogP contribution in [0.5, 0.6) is 0 Å². The Hall–Kier alpha value is -2.89. The van der Waals surface area contributed by atoms with Gasteiger partial charge in [0.05, 0.1) is 6.42 Å². The van der Waals surface area contributed by atoms with Crippen molar-refractivity contribution in [1.29, 1.82) is 0 Å². The highest BCUT2D eigenvalue weighted by Crippen LogP contribution is 2.11. The van der Waals surface area contributed by atoms with Crippen LogP contribution in [0.2, 0.25) is 0 Å². The van der Waals surface area contributed by atoms with Gasteiger partial charge in [0.1, 0.15) is 5.82 Å². The number of anilines is 1. The van der Waals surface area contributed by atoms with Crippen LogP contribution in [0, 0.1) is 5.82 Å². The molecule has 0 aliphatic carbocycles. The van der Waals surface area contributed by atoms with Crippen LogP contribution in [0.4, 0.5) is 14.9 Å². The third-order valence-electron chi connectivity index (χ3n) is 4.32. The van der Waals surface area contributed by atoms with Gasteiger partial charge < -0.3 is 15.5 Å². The van der Waals surface area contributed by atoms with Crippen molar-refractivity contribution in [1.82, 2.24) is 10.2 Å². The fourth-order valence-electron chi connectivity index (χ4n) is 2.76. The van der Waals surface area contributed by atoms with Gasteiger partial charge in [0.25, 0.3) is 0 Å². The summed E-state index contributed by atoms with van der Waals surface area (Å²) in [4.78, 5) is 25.8. The molecule has 2 aromatic rings. The van der Waals surface area contributed by atoms with Crippen molar-refractivity contribution in [3.63, 3.8) is 0 Å². The van der Waals surface area contributed by atoms with Gasteiger partial charge in [-0.3, -0.25) is 4.79 Å². The predicted octanol–water partition coefficient (Wildman–Crippen LogP) is 3.60. The molecule has 0 aliphatic heterocycles. The predicted molar refractivity (Wildman–Crippen MR) is 105 cm³/mol. The van der Waals surface area contributed by atoms with E-state index in [9.17, 15) is 14.0 Å². The molecule has 144 valence electrons. The van der Waals surface area contributed by atoms with Crippen molar-refractivity contribution in [2.75, 3.05) is 25.0 Å². The Morgan fingerprint density at radius 3 is 2.30 bits per heavy atom. The maximum absolute atomic E-state index is 13.5. The van der Waals surface area contributed by atoms with Gasteiger partial charge in [-0.05, 0) is 49.6 Å². The van der Waals surface area contributed by atoms with E-state index in [1.54, 1.807) is 35.2 Å². The van der Waals surface area contributed by atoms with E-state index < -0.39 is 0 Å². The topological polar surface area (TPSA) is 61.4 Å². The Morgan fingerprint density at radius 1 is 1.00 bits per heavy atom. The number of nitrogens with one attached hydrogen (secondary N) is 2. The smallest absolute Gasteiger partial charge is 0.319 e. The second kappa shape index (κ2) is 10.3. The molecule has 6 heteroatoms. The number of hydrogen-bond acceptors (Lipinski definition) is 2. The molecular formula is C21H26FN3O2. The zero-order valence-electron chi connectivity index (χ0n) is 15.8. The monoisotopic (exact) mass is 371 g/mol. The van der Waals surface area contributed by atoms with E-state index in [-0.39, 0.29) is 17.8 Å². The molecule has 5 nitrogen and oxygen atoms in total. The highest BCUT2D eigenvalue weighted by atomic mass is 19.1. The number of nitrogens with zero attached hydrogens (tertiary/aromatic N) is 1. The van der Waals surface area contributed by atoms with E-state index in [1.165, 1.54) is 6.07 Å². The summed E-state index contributed by atoms with van der Waals surface area (Å²) < 4.78 is 13.5. The number of hydrogen-bond donors (Lipinski definition) is 2. The molecule has 0 fully saturated rings. The van der Waals surface area contributed by atoms with E-state index in [1.807, 2.05) is 26.0 Å². The zero-order valence-corrected chi connectivity index (χ0v) is 15.8. The summed E-state index contributed by atoms with van der Waals surface area (Å²) in [6.45, 7) is 5.64. The van der Waals surface area contributed by atoms with Crippen LogP contribution in [-0.4, -0.2) is 36.5 Å². The van der Waals surface area contributed by atoms with Gasteiger partial charge in [0.2, 0.25) is 5.91 Å². The van der Waals surface area contributed by atoms with Gasteiger partial charge in [-0.25, -0.2) is 9.18 Å². The molecule has 2 rings (SSSR count). The Labute approximate surface area is 159 Å². The number of carbonyl (C=O) groups is 2. The molecule has 0 saturated carbocycles. The number of carbonyl (C=O) groups excluding carboxylic acids is 2. The van der Waals surface area contributed by atoms with Gasteiger partial charge in [-0.2, -0.15) is 0 Å². The summed E-state index contributed by atoms with van der Waals surface area (Å²) in [6.07, 6.45) is 0.767. The highest BCUT2D eigenvalue weighted by molar-refractivity contribution is 5.89. The van der Waals surface area contributed by atoms with E-state index in [4.69, 9.17) is 0 Å². The van der Waals surface area contributed by atoms with Crippen LogP contribution in [-0.2, 0) is 17.6 Å². The van der Waals surface area contributed by atoms with Crippen molar-refractivity contribution in [2.24, 2.45) is 0 Å². The first-order valence-electron chi connectivity index (χ1n) is 9.18. The van der Waals surface area contributed by atoms with Crippen LogP contribution in [0.3, 0.4) is 0 Å². The molecule has 0 bridgehead atoms. The molecule has 0 aliphatic rings. The van der Waals surface area contributed by atoms with Crippen molar-refractivity contribution in [3.05, 3.63) is 65.5 Å². The molecule has 0 radical (unpaired) electrons. The quantitative estimate of drug-likeness (QED) is 0.745. The molecule has 27 heavy (non-hydrogen) atoms. The van der Waals surface area contributed by atoms with Gasteiger partial charge >= 0.3 is 6.03 Å². The zero-order chi connectivity index (χ0) is 19.6. The fourth-order valence-corrected chi connectivity index (χ4v) is 2.76. The average molecular weight is 371 g/mol. The Balaban J connectivity index is 1.79. The van der Waals surface area contributed by atoms with Crippen molar-refractivity contribution in [3.8, 4) is 0 Å². The normalized spacial score (nSPS) is 10.3. The summed E-state index contributed by atoms with van der Waals surface area (Å²) in [6, 6.07) is 13.4. The lowest BCUT2D eigenvalue weighted by Gasteiger charge is -2.18. The van der Waals surface area contributed by atoms with E-state index in [0.29, 0.717) is 43.7 Å². The molecule has 0 unspecified atom stereocenters. The number of urea groups is 1. The number of amides is 3.